The molecular weight excluding hydrogens is 224 g/mol. The van der Waals surface area contributed by atoms with Gasteiger partial charge in [0.15, 0.2) is 0 Å². The summed E-state index contributed by atoms with van der Waals surface area (Å²) in [5, 5.41) is 10.2. The molecule has 98 valence electrons. The highest BCUT2D eigenvalue weighted by atomic mass is 16.5. The molecule has 1 fully saturated rings. The zero-order chi connectivity index (χ0) is 13.0. The first-order valence-corrected chi connectivity index (χ1v) is 6.69. The number of allylic oxidation sites excluding steroid dienone is 1. The van der Waals surface area contributed by atoms with Crippen LogP contribution in [0.5, 0.6) is 5.75 Å². The van der Waals surface area contributed by atoms with Crippen molar-refractivity contribution in [2.24, 2.45) is 5.92 Å². The second kappa shape index (κ2) is 6.05. The van der Waals surface area contributed by atoms with Gasteiger partial charge in [-0.3, -0.25) is 0 Å². The average molecular weight is 246 g/mol. The number of benzene rings is 1. The Balaban J connectivity index is 2.30. The summed E-state index contributed by atoms with van der Waals surface area (Å²) >= 11 is 0. The van der Waals surface area contributed by atoms with E-state index in [1.165, 1.54) is 5.56 Å². The Bertz CT molecular complexity index is 400. The van der Waals surface area contributed by atoms with Crippen molar-refractivity contribution in [2.45, 2.75) is 37.7 Å². The van der Waals surface area contributed by atoms with Gasteiger partial charge >= 0.3 is 0 Å². The fourth-order valence-electron chi connectivity index (χ4n) is 3.12. The van der Waals surface area contributed by atoms with Crippen LogP contribution in [-0.2, 0) is 0 Å². The van der Waals surface area contributed by atoms with Gasteiger partial charge < -0.3 is 9.84 Å². The monoisotopic (exact) mass is 246 g/mol. The van der Waals surface area contributed by atoms with Gasteiger partial charge in [0.25, 0.3) is 0 Å². The fraction of sp³-hybridized carbons (Fsp3) is 0.500. The van der Waals surface area contributed by atoms with Crippen LogP contribution >= 0.6 is 0 Å². The highest BCUT2D eigenvalue weighted by molar-refractivity contribution is 5.37. The van der Waals surface area contributed by atoms with Gasteiger partial charge in [-0.2, -0.15) is 0 Å². The summed E-state index contributed by atoms with van der Waals surface area (Å²) < 4.78 is 5.45. The topological polar surface area (TPSA) is 29.5 Å². The van der Waals surface area contributed by atoms with Gasteiger partial charge in [0, 0.05) is 0 Å². The van der Waals surface area contributed by atoms with Gasteiger partial charge in [-0.1, -0.05) is 30.7 Å². The van der Waals surface area contributed by atoms with Gasteiger partial charge in [0.1, 0.15) is 5.75 Å². The highest BCUT2D eigenvalue weighted by Gasteiger charge is 2.33. The van der Waals surface area contributed by atoms with E-state index < -0.39 is 0 Å². The minimum atomic E-state index is -0.216. The Morgan fingerprint density at radius 2 is 2.17 bits per heavy atom. The van der Waals surface area contributed by atoms with E-state index in [0.29, 0.717) is 5.92 Å². The molecule has 0 bridgehead atoms. The molecule has 0 aromatic heterocycles. The molecule has 1 aromatic rings. The minimum Gasteiger partial charge on any atom is -0.496 e. The Morgan fingerprint density at radius 1 is 1.39 bits per heavy atom. The summed E-state index contributed by atoms with van der Waals surface area (Å²) in [4.78, 5) is 0. The second-order valence-electron chi connectivity index (χ2n) is 5.03. The van der Waals surface area contributed by atoms with Gasteiger partial charge in [-0.15, -0.1) is 6.58 Å². The van der Waals surface area contributed by atoms with E-state index in [1.54, 1.807) is 7.11 Å². The second-order valence-corrected chi connectivity index (χ2v) is 5.03. The van der Waals surface area contributed by atoms with Crippen LogP contribution in [0, 0.1) is 5.92 Å². The van der Waals surface area contributed by atoms with Crippen LogP contribution in [-0.4, -0.2) is 18.3 Å². The molecule has 18 heavy (non-hydrogen) atoms. The molecule has 2 nitrogen and oxygen atoms in total. The van der Waals surface area contributed by atoms with Crippen LogP contribution in [0.1, 0.15) is 37.2 Å². The van der Waals surface area contributed by atoms with Crippen LogP contribution < -0.4 is 4.74 Å². The standard InChI is InChI=1S/C16H22O2/c1-3-7-13-12(9-6-10-15(13)17)14-8-4-5-11-16(14)18-2/h3-5,8,11-13,15,17H,1,6-7,9-10H2,2H3/t12-,13+,15-/m0/s1. The fourth-order valence-corrected chi connectivity index (χ4v) is 3.12. The SMILES string of the molecule is C=CC[C@@H]1[C@@H](c2ccccc2OC)CCC[C@@H]1O. The molecule has 2 heteroatoms. The zero-order valence-corrected chi connectivity index (χ0v) is 11.0. The van der Waals surface area contributed by atoms with Crippen molar-refractivity contribution in [3.8, 4) is 5.75 Å². The maximum atomic E-state index is 10.2. The zero-order valence-electron chi connectivity index (χ0n) is 11.0. The number of aliphatic hydroxyl groups excluding tert-OH is 1. The molecular formula is C16H22O2. The van der Waals surface area contributed by atoms with E-state index in [1.807, 2.05) is 24.3 Å². The maximum absolute atomic E-state index is 10.2. The predicted molar refractivity (Wildman–Crippen MR) is 73.9 cm³/mol. The van der Waals surface area contributed by atoms with E-state index in [9.17, 15) is 5.11 Å². The van der Waals surface area contributed by atoms with Crippen LogP contribution in [0.15, 0.2) is 36.9 Å². The molecule has 1 aromatic carbocycles. The molecule has 0 radical (unpaired) electrons. The summed E-state index contributed by atoms with van der Waals surface area (Å²) in [6, 6.07) is 8.16. The van der Waals surface area contributed by atoms with E-state index in [2.05, 4.69) is 12.6 Å². The van der Waals surface area contributed by atoms with Gasteiger partial charge in [0.2, 0.25) is 0 Å². The number of rotatable bonds is 4. The van der Waals surface area contributed by atoms with Crippen molar-refractivity contribution in [2.75, 3.05) is 7.11 Å². The molecule has 1 aliphatic carbocycles. The van der Waals surface area contributed by atoms with Crippen LogP contribution in [0.25, 0.3) is 0 Å². The third-order valence-electron chi connectivity index (χ3n) is 4.00. The van der Waals surface area contributed by atoms with Crippen molar-refractivity contribution >= 4 is 0 Å². The lowest BCUT2D eigenvalue weighted by Crippen LogP contribution is -2.30. The van der Waals surface area contributed by atoms with Crippen molar-refractivity contribution < 1.29 is 9.84 Å². The lowest BCUT2D eigenvalue weighted by atomic mass is 9.72. The summed E-state index contributed by atoms with van der Waals surface area (Å²) in [7, 11) is 1.71. The number of aliphatic hydroxyl groups is 1. The largest absolute Gasteiger partial charge is 0.496 e. The third kappa shape index (κ3) is 2.59. The lowest BCUT2D eigenvalue weighted by Gasteiger charge is -2.36. The summed E-state index contributed by atoms with van der Waals surface area (Å²) in [6.07, 6.45) is 5.68. The first-order valence-electron chi connectivity index (χ1n) is 6.69. The quantitative estimate of drug-likeness (QED) is 0.824. The molecule has 0 aliphatic heterocycles. The Labute approximate surface area is 109 Å². The molecule has 1 N–H and O–H groups in total. The average Bonchev–Trinajstić information content (AvgIpc) is 2.41. The number of hydrogen-bond donors (Lipinski definition) is 1. The minimum absolute atomic E-state index is 0.216. The Morgan fingerprint density at radius 3 is 2.89 bits per heavy atom. The van der Waals surface area contributed by atoms with E-state index in [-0.39, 0.29) is 12.0 Å². The molecule has 0 spiro atoms. The lowest BCUT2D eigenvalue weighted by molar-refractivity contribution is 0.0566. The molecule has 2 rings (SSSR count). The molecule has 0 unspecified atom stereocenters. The molecule has 0 heterocycles. The third-order valence-corrected chi connectivity index (χ3v) is 4.00. The number of para-hydroxylation sites is 1. The Hall–Kier alpha value is -1.28. The molecule has 0 saturated heterocycles. The molecule has 1 saturated carbocycles. The summed E-state index contributed by atoms with van der Waals surface area (Å²) in [5.74, 6) is 1.58. The first-order chi connectivity index (χ1) is 8.77. The predicted octanol–water partition coefficient (Wildman–Crippen LogP) is 3.52. The normalized spacial score (nSPS) is 27.8. The molecule has 1 aliphatic rings. The van der Waals surface area contributed by atoms with Gasteiger partial charge in [0.05, 0.1) is 13.2 Å². The van der Waals surface area contributed by atoms with Crippen molar-refractivity contribution in [1.29, 1.82) is 0 Å². The number of methoxy groups -OCH3 is 1. The van der Waals surface area contributed by atoms with E-state index in [0.717, 1.165) is 31.4 Å². The Kier molecular flexibility index (Phi) is 4.43. The smallest absolute Gasteiger partial charge is 0.122 e. The van der Waals surface area contributed by atoms with Gasteiger partial charge in [-0.05, 0) is 42.7 Å². The summed E-state index contributed by atoms with van der Waals surface area (Å²) in [6.45, 7) is 3.82. The van der Waals surface area contributed by atoms with Gasteiger partial charge in [-0.25, -0.2) is 0 Å². The van der Waals surface area contributed by atoms with Crippen LogP contribution in [0.4, 0.5) is 0 Å². The maximum Gasteiger partial charge on any atom is 0.122 e. The van der Waals surface area contributed by atoms with Crippen molar-refractivity contribution in [1.82, 2.24) is 0 Å². The van der Waals surface area contributed by atoms with E-state index >= 15 is 0 Å². The number of hydrogen-bond acceptors (Lipinski definition) is 2. The molecule has 3 atom stereocenters. The highest BCUT2D eigenvalue weighted by Crippen LogP contribution is 2.43. The summed E-state index contributed by atoms with van der Waals surface area (Å²) in [5.41, 5.74) is 1.23. The van der Waals surface area contributed by atoms with E-state index in [4.69, 9.17) is 4.74 Å². The first kappa shape index (κ1) is 13.2. The molecule has 0 amide bonds. The van der Waals surface area contributed by atoms with Crippen LogP contribution in [0.3, 0.4) is 0 Å². The van der Waals surface area contributed by atoms with Crippen molar-refractivity contribution in [3.05, 3.63) is 42.5 Å². The van der Waals surface area contributed by atoms with Crippen LogP contribution in [0.2, 0.25) is 0 Å². The number of ether oxygens (including phenoxy) is 1. The van der Waals surface area contributed by atoms with Crippen molar-refractivity contribution in [3.63, 3.8) is 0 Å².